The molecular weight excluding hydrogens is 332 g/mol. The van der Waals surface area contributed by atoms with Crippen molar-refractivity contribution in [3.63, 3.8) is 0 Å². The minimum atomic E-state index is -0.719. The third-order valence-corrected chi connectivity index (χ3v) is 5.28. The SMILES string of the molecule is C=C(C)C(=O)OCC(=O)OC1C2CC3C1OC(=O)C3C2CC(=O)OC. The van der Waals surface area contributed by atoms with Crippen molar-refractivity contribution >= 4 is 23.9 Å². The molecule has 25 heavy (non-hydrogen) atoms. The highest BCUT2D eigenvalue weighted by atomic mass is 16.6. The molecule has 1 aliphatic heterocycles. The van der Waals surface area contributed by atoms with Crippen LogP contribution in [0.5, 0.6) is 0 Å². The molecule has 2 saturated carbocycles. The molecule has 2 bridgehead atoms. The Labute approximate surface area is 144 Å². The second-order valence-electron chi connectivity index (χ2n) is 6.75. The van der Waals surface area contributed by atoms with E-state index in [-0.39, 0.29) is 41.6 Å². The Morgan fingerprint density at radius 3 is 2.60 bits per heavy atom. The van der Waals surface area contributed by atoms with Crippen molar-refractivity contribution in [2.24, 2.45) is 23.7 Å². The second-order valence-corrected chi connectivity index (χ2v) is 6.75. The van der Waals surface area contributed by atoms with Crippen LogP contribution in [-0.2, 0) is 38.1 Å². The summed E-state index contributed by atoms with van der Waals surface area (Å²) in [6, 6.07) is 0. The topological polar surface area (TPSA) is 105 Å². The number of rotatable bonds is 6. The van der Waals surface area contributed by atoms with Gasteiger partial charge in [0.1, 0.15) is 12.2 Å². The Morgan fingerprint density at radius 2 is 1.96 bits per heavy atom. The number of carbonyl (C=O) groups excluding carboxylic acids is 4. The van der Waals surface area contributed by atoms with Gasteiger partial charge in [0.2, 0.25) is 0 Å². The van der Waals surface area contributed by atoms with Crippen LogP contribution in [0.2, 0.25) is 0 Å². The fraction of sp³-hybridized carbons (Fsp3) is 0.647. The molecule has 0 radical (unpaired) electrons. The molecule has 0 spiro atoms. The number of fused-ring (bicyclic) bond motifs is 1. The predicted octanol–water partition coefficient (Wildman–Crippen LogP) is 0.388. The van der Waals surface area contributed by atoms with Gasteiger partial charge in [-0.15, -0.1) is 0 Å². The Morgan fingerprint density at radius 1 is 1.24 bits per heavy atom. The van der Waals surface area contributed by atoms with Crippen molar-refractivity contribution in [3.8, 4) is 0 Å². The molecule has 136 valence electrons. The van der Waals surface area contributed by atoms with Gasteiger partial charge in [0.15, 0.2) is 6.61 Å². The number of ether oxygens (including phenoxy) is 4. The lowest BCUT2D eigenvalue weighted by Gasteiger charge is -2.30. The average Bonchev–Trinajstić information content (AvgIpc) is 3.16. The number of hydrogen-bond acceptors (Lipinski definition) is 8. The highest BCUT2D eigenvalue weighted by molar-refractivity contribution is 5.88. The molecule has 0 aromatic heterocycles. The molecule has 3 rings (SSSR count). The Bertz CT molecular complexity index is 639. The summed E-state index contributed by atoms with van der Waals surface area (Å²) in [6.07, 6.45) is -0.370. The molecule has 3 fully saturated rings. The summed E-state index contributed by atoms with van der Waals surface area (Å²) in [4.78, 5) is 47.1. The van der Waals surface area contributed by atoms with E-state index in [9.17, 15) is 19.2 Å². The number of methoxy groups -OCH3 is 1. The minimum absolute atomic E-state index is 0.0528. The predicted molar refractivity (Wildman–Crippen MR) is 80.7 cm³/mol. The Balaban J connectivity index is 1.65. The van der Waals surface area contributed by atoms with Crippen molar-refractivity contribution in [1.82, 2.24) is 0 Å². The summed E-state index contributed by atoms with van der Waals surface area (Å²) in [5, 5.41) is 0. The highest BCUT2D eigenvalue weighted by Gasteiger charge is 2.68. The summed E-state index contributed by atoms with van der Waals surface area (Å²) in [5.41, 5.74) is 0.179. The fourth-order valence-electron chi connectivity index (χ4n) is 4.28. The van der Waals surface area contributed by atoms with Gasteiger partial charge in [-0.2, -0.15) is 0 Å². The molecular formula is C17H20O8. The van der Waals surface area contributed by atoms with Crippen LogP contribution >= 0.6 is 0 Å². The molecule has 2 aliphatic carbocycles. The first kappa shape index (κ1) is 17.4. The van der Waals surface area contributed by atoms with Gasteiger partial charge in [0.05, 0.1) is 13.0 Å². The molecule has 6 unspecified atom stereocenters. The summed E-state index contributed by atoms with van der Waals surface area (Å²) in [7, 11) is 1.29. The Kier molecular flexibility index (Phi) is 4.53. The molecule has 6 atom stereocenters. The monoisotopic (exact) mass is 352 g/mol. The van der Waals surface area contributed by atoms with Gasteiger partial charge in [-0.25, -0.2) is 9.59 Å². The lowest BCUT2D eigenvalue weighted by molar-refractivity contribution is -0.169. The van der Waals surface area contributed by atoms with Crippen LogP contribution in [-0.4, -0.2) is 49.8 Å². The largest absolute Gasteiger partial charge is 0.469 e. The van der Waals surface area contributed by atoms with Crippen LogP contribution in [0.4, 0.5) is 0 Å². The second kappa shape index (κ2) is 6.50. The number of hydrogen-bond donors (Lipinski definition) is 0. The molecule has 0 N–H and O–H groups in total. The first-order valence-electron chi connectivity index (χ1n) is 8.13. The van der Waals surface area contributed by atoms with E-state index in [1.165, 1.54) is 14.0 Å². The van der Waals surface area contributed by atoms with E-state index in [0.29, 0.717) is 6.42 Å². The molecule has 1 saturated heterocycles. The standard InChI is InChI=1S/C17H20O8/c1-7(2)16(20)23-6-12(19)24-14-9-4-10-13(17(21)25-15(10)14)8(9)5-11(18)22-3/h8-10,13-15H,1,4-6H2,2-3H3. The van der Waals surface area contributed by atoms with E-state index in [1.54, 1.807) is 0 Å². The van der Waals surface area contributed by atoms with Crippen molar-refractivity contribution in [2.45, 2.75) is 32.0 Å². The van der Waals surface area contributed by atoms with Gasteiger partial charge in [-0.3, -0.25) is 9.59 Å². The molecule has 8 nitrogen and oxygen atoms in total. The molecule has 8 heteroatoms. The molecule has 0 amide bonds. The number of esters is 4. The van der Waals surface area contributed by atoms with E-state index < -0.39 is 36.7 Å². The minimum Gasteiger partial charge on any atom is -0.469 e. The highest BCUT2D eigenvalue weighted by Crippen LogP contribution is 2.59. The van der Waals surface area contributed by atoms with Gasteiger partial charge in [0.25, 0.3) is 0 Å². The van der Waals surface area contributed by atoms with E-state index in [2.05, 4.69) is 6.58 Å². The van der Waals surface area contributed by atoms with Crippen molar-refractivity contribution in [2.75, 3.05) is 13.7 Å². The lowest BCUT2D eigenvalue weighted by Crippen LogP contribution is -2.41. The molecule has 0 aromatic rings. The van der Waals surface area contributed by atoms with Gasteiger partial charge in [-0.05, 0) is 19.3 Å². The van der Waals surface area contributed by atoms with Gasteiger partial charge >= 0.3 is 23.9 Å². The zero-order chi connectivity index (χ0) is 18.3. The maximum absolute atomic E-state index is 12.1. The zero-order valence-electron chi connectivity index (χ0n) is 14.1. The first-order valence-corrected chi connectivity index (χ1v) is 8.13. The van der Waals surface area contributed by atoms with Crippen LogP contribution in [0.3, 0.4) is 0 Å². The molecule has 3 aliphatic rings. The number of carbonyl (C=O) groups is 4. The van der Waals surface area contributed by atoms with Gasteiger partial charge < -0.3 is 18.9 Å². The summed E-state index contributed by atoms with van der Waals surface area (Å²) >= 11 is 0. The third-order valence-electron chi connectivity index (χ3n) is 5.28. The normalized spacial score (nSPS) is 34.4. The lowest BCUT2D eigenvalue weighted by atomic mass is 9.77. The van der Waals surface area contributed by atoms with Crippen LogP contribution in [0.1, 0.15) is 19.8 Å². The molecule has 1 heterocycles. The van der Waals surface area contributed by atoms with Crippen molar-refractivity contribution in [1.29, 1.82) is 0 Å². The summed E-state index contributed by atoms with van der Waals surface area (Å²) in [6.45, 7) is 4.36. The zero-order valence-corrected chi connectivity index (χ0v) is 14.1. The van der Waals surface area contributed by atoms with Gasteiger partial charge in [-0.1, -0.05) is 6.58 Å². The average molecular weight is 352 g/mol. The first-order chi connectivity index (χ1) is 11.8. The van der Waals surface area contributed by atoms with Crippen LogP contribution in [0, 0.1) is 23.7 Å². The fourth-order valence-corrected chi connectivity index (χ4v) is 4.28. The van der Waals surface area contributed by atoms with Crippen LogP contribution in [0.25, 0.3) is 0 Å². The van der Waals surface area contributed by atoms with Crippen molar-refractivity contribution in [3.05, 3.63) is 12.2 Å². The van der Waals surface area contributed by atoms with Gasteiger partial charge in [0, 0.05) is 23.8 Å². The van der Waals surface area contributed by atoms with E-state index in [0.717, 1.165) is 0 Å². The van der Waals surface area contributed by atoms with Crippen molar-refractivity contribution < 1.29 is 38.1 Å². The summed E-state index contributed by atoms with van der Waals surface area (Å²) < 4.78 is 20.3. The maximum atomic E-state index is 12.1. The summed E-state index contributed by atoms with van der Waals surface area (Å²) in [5.74, 6) is -2.96. The van der Waals surface area contributed by atoms with E-state index >= 15 is 0 Å². The Hall–Kier alpha value is -2.38. The van der Waals surface area contributed by atoms with Crippen LogP contribution < -0.4 is 0 Å². The molecule has 0 aromatic carbocycles. The maximum Gasteiger partial charge on any atom is 0.344 e. The van der Waals surface area contributed by atoms with E-state index in [1.807, 2.05) is 0 Å². The van der Waals surface area contributed by atoms with E-state index in [4.69, 9.17) is 18.9 Å². The third kappa shape index (κ3) is 3.01. The van der Waals surface area contributed by atoms with Crippen LogP contribution in [0.15, 0.2) is 12.2 Å². The smallest absolute Gasteiger partial charge is 0.344 e. The quantitative estimate of drug-likeness (QED) is 0.384.